The van der Waals surface area contributed by atoms with Gasteiger partial charge in [-0.3, -0.25) is 9.36 Å². The van der Waals surface area contributed by atoms with Gasteiger partial charge in [0.15, 0.2) is 17.3 Å². The lowest BCUT2D eigenvalue weighted by Crippen LogP contribution is -2.39. The molecule has 1 aliphatic rings. The Morgan fingerprint density at radius 3 is 2.70 bits per heavy atom. The van der Waals surface area contributed by atoms with Crippen LogP contribution in [0.5, 0.6) is 11.6 Å². The third-order valence-electron chi connectivity index (χ3n) is 6.27. The van der Waals surface area contributed by atoms with E-state index in [9.17, 15) is 9.18 Å². The topological polar surface area (TPSA) is 151 Å². The van der Waals surface area contributed by atoms with Crippen molar-refractivity contribution >= 4 is 22.8 Å². The van der Waals surface area contributed by atoms with Gasteiger partial charge in [-0.15, -0.1) is 0 Å². The van der Waals surface area contributed by atoms with Crippen molar-refractivity contribution in [2.45, 2.75) is 13.0 Å². The predicted molar refractivity (Wildman–Crippen MR) is 131 cm³/mol. The maximum absolute atomic E-state index is 13.3. The van der Waals surface area contributed by atoms with Crippen molar-refractivity contribution in [1.82, 2.24) is 29.7 Å². The molecule has 6 rings (SSSR count). The number of carbonyl (C=O) groups is 1. The number of imidazole rings is 1. The van der Waals surface area contributed by atoms with Gasteiger partial charge in [-0.1, -0.05) is 6.07 Å². The monoisotopic (exact) mass is 500 g/mol. The van der Waals surface area contributed by atoms with Crippen LogP contribution in [0, 0.1) is 5.82 Å². The first-order valence-electron chi connectivity index (χ1n) is 11.5. The summed E-state index contributed by atoms with van der Waals surface area (Å²) in [7, 11) is 0. The zero-order chi connectivity index (χ0) is 25.5. The summed E-state index contributed by atoms with van der Waals surface area (Å²) in [5.41, 5.74) is 16.0. The molecule has 0 saturated carbocycles. The number of amides is 1. The van der Waals surface area contributed by atoms with Gasteiger partial charge in [0.1, 0.15) is 17.1 Å². The molecule has 37 heavy (non-hydrogen) atoms. The van der Waals surface area contributed by atoms with Gasteiger partial charge in [0.2, 0.25) is 11.8 Å². The zero-order valence-electron chi connectivity index (χ0n) is 19.5. The number of anilines is 1. The largest absolute Gasteiger partial charge is 0.439 e. The fourth-order valence-electron chi connectivity index (χ4n) is 4.44. The summed E-state index contributed by atoms with van der Waals surface area (Å²) in [4.78, 5) is 23.0. The van der Waals surface area contributed by atoms with Crippen molar-refractivity contribution in [3.05, 3.63) is 71.7 Å². The molecule has 4 heterocycles. The number of halogens is 1. The van der Waals surface area contributed by atoms with Crippen molar-refractivity contribution in [1.29, 1.82) is 0 Å². The Hall–Kier alpha value is -4.84. The van der Waals surface area contributed by atoms with E-state index in [1.807, 2.05) is 22.8 Å². The highest BCUT2D eigenvalue weighted by Gasteiger charge is 2.24. The molecule has 2 aromatic carbocycles. The maximum Gasteiger partial charge on any atom is 0.236 e. The molecule has 0 fully saturated rings. The van der Waals surface area contributed by atoms with Crippen LogP contribution in [0.3, 0.4) is 0 Å². The van der Waals surface area contributed by atoms with Crippen molar-refractivity contribution in [3.63, 3.8) is 0 Å². The highest BCUT2D eigenvalue weighted by atomic mass is 19.1. The first-order chi connectivity index (χ1) is 18.0. The van der Waals surface area contributed by atoms with Gasteiger partial charge in [0.05, 0.1) is 18.3 Å². The lowest BCUT2D eigenvalue weighted by Gasteiger charge is -2.29. The average molecular weight is 500 g/mol. The van der Waals surface area contributed by atoms with E-state index in [0.717, 1.165) is 23.2 Å². The quantitative estimate of drug-likeness (QED) is 0.371. The first-order valence-corrected chi connectivity index (χ1v) is 11.5. The van der Waals surface area contributed by atoms with Crippen LogP contribution in [0.4, 0.5) is 10.2 Å². The van der Waals surface area contributed by atoms with Crippen molar-refractivity contribution < 1.29 is 18.6 Å². The van der Waals surface area contributed by atoms with Crippen molar-refractivity contribution in [2.24, 2.45) is 5.73 Å². The number of rotatable bonds is 5. The number of hydrogen-bond acceptors (Lipinski definition) is 9. The molecule has 0 bridgehead atoms. The molecule has 0 aliphatic carbocycles. The minimum Gasteiger partial charge on any atom is -0.439 e. The van der Waals surface area contributed by atoms with E-state index in [2.05, 4.69) is 15.3 Å². The van der Waals surface area contributed by atoms with Gasteiger partial charge >= 0.3 is 0 Å². The van der Waals surface area contributed by atoms with Crippen molar-refractivity contribution in [3.8, 4) is 28.8 Å². The Kier molecular flexibility index (Phi) is 5.49. The van der Waals surface area contributed by atoms with Crippen LogP contribution in [0.25, 0.3) is 28.2 Å². The fraction of sp³-hybridized carbons (Fsp3) is 0.160. The average Bonchev–Trinajstić information content (AvgIpc) is 3.51. The third-order valence-corrected chi connectivity index (χ3v) is 6.27. The molecule has 0 saturated heterocycles. The molecular weight excluding hydrogens is 479 g/mol. The van der Waals surface area contributed by atoms with Crippen LogP contribution in [0.1, 0.15) is 11.1 Å². The van der Waals surface area contributed by atoms with E-state index in [-0.39, 0.29) is 35.7 Å². The summed E-state index contributed by atoms with van der Waals surface area (Å²) in [5.74, 6) is 0.750. The summed E-state index contributed by atoms with van der Waals surface area (Å²) in [6, 6.07) is 13.4. The molecular formula is C25H21FN8O3. The van der Waals surface area contributed by atoms with Crippen molar-refractivity contribution in [2.75, 3.05) is 18.8 Å². The van der Waals surface area contributed by atoms with E-state index >= 15 is 0 Å². The van der Waals surface area contributed by atoms with Gasteiger partial charge in [0, 0.05) is 24.8 Å². The van der Waals surface area contributed by atoms with Gasteiger partial charge < -0.3 is 21.1 Å². The molecule has 4 N–H and O–H groups in total. The van der Waals surface area contributed by atoms with Crippen LogP contribution in [0.15, 0.2) is 59.4 Å². The number of benzene rings is 2. The summed E-state index contributed by atoms with van der Waals surface area (Å²) < 4.78 is 25.9. The molecule has 3 aromatic heterocycles. The summed E-state index contributed by atoms with van der Waals surface area (Å²) in [6.07, 6.45) is 2.30. The number of hydrogen-bond donors (Lipinski definition) is 2. The number of pyridine rings is 1. The Bertz CT molecular complexity index is 1630. The second-order valence-corrected chi connectivity index (χ2v) is 8.56. The van der Waals surface area contributed by atoms with Gasteiger partial charge in [-0.2, -0.15) is 0 Å². The SMILES string of the molecule is NCC(=O)N1CCc2ccc(-n3c(-c4nonc4N)nc4cnc(Oc5ccc(F)cc5)cc43)cc2C1. The Labute approximate surface area is 209 Å². The van der Waals surface area contributed by atoms with Gasteiger partial charge in [-0.25, -0.2) is 19.0 Å². The molecule has 0 atom stereocenters. The number of nitrogens with two attached hydrogens (primary N) is 2. The Morgan fingerprint density at radius 2 is 1.95 bits per heavy atom. The van der Waals surface area contributed by atoms with Crippen LogP contribution >= 0.6 is 0 Å². The molecule has 1 amide bonds. The molecule has 186 valence electrons. The minimum atomic E-state index is -0.364. The van der Waals surface area contributed by atoms with Crippen LogP contribution in [0.2, 0.25) is 0 Å². The summed E-state index contributed by atoms with van der Waals surface area (Å²) >= 11 is 0. The maximum atomic E-state index is 13.3. The fourth-order valence-corrected chi connectivity index (χ4v) is 4.44. The van der Waals surface area contributed by atoms with E-state index in [1.54, 1.807) is 17.2 Å². The zero-order valence-corrected chi connectivity index (χ0v) is 19.5. The van der Waals surface area contributed by atoms with Crippen LogP contribution < -0.4 is 16.2 Å². The van der Waals surface area contributed by atoms with Gasteiger partial charge in [-0.05, 0) is 64.3 Å². The molecule has 0 unspecified atom stereocenters. The van der Waals surface area contributed by atoms with E-state index in [0.29, 0.717) is 35.7 Å². The van der Waals surface area contributed by atoms with E-state index < -0.39 is 0 Å². The number of fused-ring (bicyclic) bond motifs is 2. The second kappa shape index (κ2) is 8.99. The summed E-state index contributed by atoms with van der Waals surface area (Å²) in [6.45, 7) is 1.04. The Balaban J connectivity index is 1.48. The lowest BCUT2D eigenvalue weighted by atomic mass is 9.99. The number of ether oxygens (including phenoxy) is 1. The highest BCUT2D eigenvalue weighted by molar-refractivity contribution is 5.84. The van der Waals surface area contributed by atoms with Crippen LogP contribution in [-0.4, -0.2) is 48.7 Å². The van der Waals surface area contributed by atoms with E-state index in [4.69, 9.17) is 25.8 Å². The smallest absolute Gasteiger partial charge is 0.236 e. The third kappa shape index (κ3) is 4.12. The molecule has 0 spiro atoms. The molecule has 11 nitrogen and oxygen atoms in total. The first kappa shape index (κ1) is 22.6. The molecule has 1 aliphatic heterocycles. The van der Waals surface area contributed by atoms with Gasteiger partial charge in [0.25, 0.3) is 0 Å². The number of carbonyl (C=O) groups excluding carboxylic acids is 1. The predicted octanol–water partition coefficient (Wildman–Crippen LogP) is 2.83. The number of nitrogen functional groups attached to an aromatic ring is 1. The standard InChI is InChI=1S/C25H21FN8O3/c26-16-2-5-18(6-3-16)36-21-10-20-19(12-29-21)30-25(23-24(28)32-37-31-23)34(20)17-4-1-14-7-8-33(22(35)11-27)13-15(14)9-17/h1-6,9-10,12H,7-8,11,13,27H2,(H2,28,32). The normalized spacial score (nSPS) is 13.1. The highest BCUT2D eigenvalue weighted by Crippen LogP contribution is 2.33. The second-order valence-electron chi connectivity index (χ2n) is 8.56. The van der Waals surface area contributed by atoms with Crippen LogP contribution in [-0.2, 0) is 17.8 Å². The molecule has 5 aromatic rings. The van der Waals surface area contributed by atoms with E-state index in [1.165, 1.54) is 24.3 Å². The molecule has 12 heteroatoms. The number of aromatic nitrogens is 5. The summed E-state index contributed by atoms with van der Waals surface area (Å²) in [5, 5.41) is 7.65. The minimum absolute atomic E-state index is 0.0341. The Morgan fingerprint density at radius 1 is 1.11 bits per heavy atom. The lowest BCUT2D eigenvalue weighted by molar-refractivity contribution is -0.130. The molecule has 0 radical (unpaired) electrons. The number of nitrogens with zero attached hydrogens (tertiary/aromatic N) is 6.